The van der Waals surface area contributed by atoms with Crippen LogP contribution in [0, 0.1) is 45.8 Å². The second kappa shape index (κ2) is 14.0. The van der Waals surface area contributed by atoms with Crippen LogP contribution < -0.4 is 16.0 Å². The van der Waals surface area contributed by atoms with E-state index in [0.29, 0.717) is 17.8 Å². The summed E-state index contributed by atoms with van der Waals surface area (Å²) in [4.78, 5) is 42.2. The van der Waals surface area contributed by atoms with Gasteiger partial charge in [0.15, 0.2) is 0 Å². The van der Waals surface area contributed by atoms with Crippen LogP contribution in [0.1, 0.15) is 146 Å². The lowest BCUT2D eigenvalue weighted by Gasteiger charge is -2.43. The van der Waals surface area contributed by atoms with Crippen LogP contribution in [0.3, 0.4) is 0 Å². The van der Waals surface area contributed by atoms with Crippen molar-refractivity contribution in [1.29, 1.82) is 0 Å². The Morgan fingerprint density at radius 1 is 0.476 bits per heavy atom. The minimum atomic E-state index is -1.05. The standard InChI is InChI=1S/C36H65N3O3/c1-23(31(40)37-27-20-14-11-17-24(27)34(2,3)4)30(32(41)38-28-21-15-12-18-25(28)35(5,6)7)33(42)39-29-22-16-13-19-26(29)36(8,9)10/h23-30H,11-22H2,1-10H3,(H,37,40)(H,38,41)(H,39,42). The molecule has 3 amide bonds. The summed E-state index contributed by atoms with van der Waals surface area (Å²) >= 11 is 0. The first-order valence-electron chi connectivity index (χ1n) is 17.3. The molecule has 0 radical (unpaired) electrons. The summed E-state index contributed by atoms with van der Waals surface area (Å²) in [5, 5.41) is 10.00. The average molecular weight is 588 g/mol. The molecule has 3 aliphatic rings. The molecule has 0 saturated heterocycles. The fraction of sp³-hybridized carbons (Fsp3) is 0.917. The van der Waals surface area contributed by atoms with Crippen molar-refractivity contribution in [2.24, 2.45) is 45.8 Å². The molecular formula is C36H65N3O3. The SMILES string of the molecule is CC(C(=O)NC1CCCCC1C(C)(C)C)C(C(=O)NC1CCCCC1C(C)(C)C)C(=O)NC1CCCCC1C(C)(C)C. The molecule has 0 bridgehead atoms. The normalized spacial score (nSPS) is 31.0. The molecule has 3 N–H and O–H groups in total. The van der Waals surface area contributed by atoms with Gasteiger partial charge in [-0.05, 0) is 72.5 Å². The summed E-state index contributed by atoms with van der Waals surface area (Å²) in [5.74, 6) is -1.45. The quantitative estimate of drug-likeness (QED) is 0.271. The molecule has 7 atom stereocenters. The van der Waals surface area contributed by atoms with Crippen LogP contribution in [0.15, 0.2) is 0 Å². The summed E-state index contributed by atoms with van der Waals surface area (Å²) in [7, 11) is 0. The number of hydrogen-bond donors (Lipinski definition) is 3. The molecule has 6 nitrogen and oxygen atoms in total. The molecule has 0 heterocycles. The van der Waals surface area contributed by atoms with Crippen molar-refractivity contribution >= 4 is 17.7 Å². The van der Waals surface area contributed by atoms with Crippen LogP contribution in [0.25, 0.3) is 0 Å². The van der Waals surface area contributed by atoms with E-state index in [1.807, 2.05) is 0 Å². The van der Waals surface area contributed by atoms with E-state index in [4.69, 9.17) is 0 Å². The molecule has 3 fully saturated rings. The maximum Gasteiger partial charge on any atom is 0.233 e. The van der Waals surface area contributed by atoms with Gasteiger partial charge in [0, 0.05) is 18.1 Å². The second-order valence-electron chi connectivity index (χ2n) is 17.4. The Kier molecular flexibility index (Phi) is 11.6. The average Bonchev–Trinajstić information content (AvgIpc) is 2.87. The number of carbonyl (C=O) groups is 3. The van der Waals surface area contributed by atoms with Crippen LogP contribution >= 0.6 is 0 Å². The Balaban J connectivity index is 1.85. The van der Waals surface area contributed by atoms with Crippen molar-refractivity contribution in [2.75, 3.05) is 0 Å². The Morgan fingerprint density at radius 2 is 0.738 bits per heavy atom. The molecule has 0 aromatic rings. The van der Waals surface area contributed by atoms with Gasteiger partial charge in [0.1, 0.15) is 5.92 Å². The third-order valence-electron chi connectivity index (χ3n) is 11.1. The zero-order chi connectivity index (χ0) is 31.5. The maximum atomic E-state index is 14.2. The third-order valence-corrected chi connectivity index (χ3v) is 11.1. The maximum absolute atomic E-state index is 14.2. The number of hydrogen-bond acceptors (Lipinski definition) is 3. The van der Waals surface area contributed by atoms with Crippen molar-refractivity contribution in [3.8, 4) is 0 Å². The molecule has 0 aromatic heterocycles. The lowest BCUT2D eigenvalue weighted by Crippen LogP contribution is -2.57. The van der Waals surface area contributed by atoms with E-state index < -0.39 is 11.8 Å². The van der Waals surface area contributed by atoms with Crippen LogP contribution in [-0.2, 0) is 14.4 Å². The lowest BCUT2D eigenvalue weighted by atomic mass is 9.69. The van der Waals surface area contributed by atoms with Crippen molar-refractivity contribution in [3.63, 3.8) is 0 Å². The highest BCUT2D eigenvalue weighted by Gasteiger charge is 2.44. The van der Waals surface area contributed by atoms with E-state index in [1.54, 1.807) is 6.92 Å². The molecule has 0 aromatic carbocycles. The fourth-order valence-corrected chi connectivity index (χ4v) is 8.60. The number of amides is 3. The predicted octanol–water partition coefficient (Wildman–Crippen LogP) is 7.40. The molecule has 3 aliphatic carbocycles. The van der Waals surface area contributed by atoms with Gasteiger partial charge in [0.2, 0.25) is 17.7 Å². The fourth-order valence-electron chi connectivity index (χ4n) is 8.60. The van der Waals surface area contributed by atoms with E-state index in [9.17, 15) is 14.4 Å². The second-order valence-corrected chi connectivity index (χ2v) is 17.4. The van der Waals surface area contributed by atoms with Crippen molar-refractivity contribution in [3.05, 3.63) is 0 Å². The van der Waals surface area contributed by atoms with Crippen molar-refractivity contribution < 1.29 is 14.4 Å². The van der Waals surface area contributed by atoms with Gasteiger partial charge < -0.3 is 16.0 Å². The van der Waals surface area contributed by atoms with E-state index in [0.717, 1.165) is 57.8 Å². The lowest BCUT2D eigenvalue weighted by molar-refractivity contribution is -0.144. The molecule has 0 spiro atoms. The van der Waals surface area contributed by atoms with E-state index >= 15 is 0 Å². The zero-order valence-corrected chi connectivity index (χ0v) is 28.8. The van der Waals surface area contributed by atoms with E-state index in [-0.39, 0.29) is 52.1 Å². The highest BCUT2D eigenvalue weighted by molar-refractivity contribution is 6.04. The van der Waals surface area contributed by atoms with Crippen LogP contribution in [0.2, 0.25) is 0 Å². The minimum absolute atomic E-state index is 0.0254. The van der Waals surface area contributed by atoms with Crippen LogP contribution in [0.4, 0.5) is 0 Å². The summed E-state index contributed by atoms with van der Waals surface area (Å²) in [6, 6.07) is 0.127. The molecule has 242 valence electrons. The molecule has 0 aliphatic heterocycles. The van der Waals surface area contributed by atoms with E-state index in [2.05, 4.69) is 78.3 Å². The van der Waals surface area contributed by atoms with E-state index in [1.165, 1.54) is 19.3 Å². The Bertz CT molecular complexity index is 877. The van der Waals surface area contributed by atoms with Gasteiger partial charge in [-0.3, -0.25) is 14.4 Å². The van der Waals surface area contributed by atoms with Gasteiger partial charge in [-0.15, -0.1) is 0 Å². The van der Waals surface area contributed by atoms with Gasteiger partial charge in [-0.1, -0.05) is 108 Å². The van der Waals surface area contributed by atoms with Crippen molar-refractivity contribution in [2.45, 2.75) is 164 Å². The van der Waals surface area contributed by atoms with Crippen LogP contribution in [-0.4, -0.2) is 35.8 Å². The molecular weight excluding hydrogens is 522 g/mol. The van der Waals surface area contributed by atoms with Gasteiger partial charge in [0.05, 0.1) is 5.92 Å². The zero-order valence-electron chi connectivity index (χ0n) is 28.8. The van der Waals surface area contributed by atoms with Gasteiger partial charge in [-0.2, -0.15) is 0 Å². The summed E-state index contributed by atoms with van der Waals surface area (Å²) in [6.45, 7) is 22.0. The number of rotatable bonds is 7. The molecule has 7 unspecified atom stereocenters. The topological polar surface area (TPSA) is 87.3 Å². The van der Waals surface area contributed by atoms with Gasteiger partial charge in [0.25, 0.3) is 0 Å². The molecule has 6 heteroatoms. The Hall–Kier alpha value is -1.59. The first-order chi connectivity index (χ1) is 19.4. The van der Waals surface area contributed by atoms with Crippen LogP contribution in [0.5, 0.6) is 0 Å². The monoisotopic (exact) mass is 588 g/mol. The highest BCUT2D eigenvalue weighted by Crippen LogP contribution is 2.41. The smallest absolute Gasteiger partial charge is 0.233 e. The third kappa shape index (κ3) is 8.97. The highest BCUT2D eigenvalue weighted by atomic mass is 16.2. The first kappa shape index (κ1) is 34.9. The Labute approximate surface area is 258 Å². The first-order valence-corrected chi connectivity index (χ1v) is 17.3. The number of carbonyl (C=O) groups excluding carboxylic acids is 3. The summed E-state index contributed by atoms with van der Waals surface area (Å²) in [6.07, 6.45) is 12.8. The minimum Gasteiger partial charge on any atom is -0.353 e. The molecule has 3 saturated carbocycles. The molecule has 42 heavy (non-hydrogen) atoms. The van der Waals surface area contributed by atoms with Crippen molar-refractivity contribution in [1.82, 2.24) is 16.0 Å². The molecule has 3 rings (SSSR count). The largest absolute Gasteiger partial charge is 0.353 e. The van der Waals surface area contributed by atoms with Gasteiger partial charge >= 0.3 is 0 Å². The summed E-state index contributed by atoms with van der Waals surface area (Å²) in [5.41, 5.74) is 0.204. The predicted molar refractivity (Wildman–Crippen MR) is 173 cm³/mol. The number of nitrogens with one attached hydrogen (secondary N) is 3. The van der Waals surface area contributed by atoms with Gasteiger partial charge in [-0.25, -0.2) is 0 Å². The Morgan fingerprint density at radius 3 is 1.02 bits per heavy atom. The summed E-state index contributed by atoms with van der Waals surface area (Å²) < 4.78 is 0.